The molecule has 52 heavy (non-hydrogen) atoms. The van der Waals surface area contributed by atoms with Crippen molar-refractivity contribution in [2.75, 3.05) is 18.4 Å². The largest absolute Gasteiger partial charge is 0.352 e. The quantitative estimate of drug-likeness (QED) is 0.281. The summed E-state index contributed by atoms with van der Waals surface area (Å²) in [4.78, 5) is 84.7. The molecule has 5 aliphatic rings. The van der Waals surface area contributed by atoms with Gasteiger partial charge in [0.1, 0.15) is 12.1 Å². The van der Waals surface area contributed by atoms with Gasteiger partial charge in [-0.05, 0) is 88.2 Å². The first kappa shape index (κ1) is 37.8. The van der Waals surface area contributed by atoms with Gasteiger partial charge in [-0.1, -0.05) is 70.9 Å². The highest BCUT2D eigenvalue weighted by Crippen LogP contribution is 2.88. The molecule has 0 radical (unpaired) electrons. The molecule has 12 heteroatoms. The predicted octanol–water partition coefficient (Wildman–Crippen LogP) is 4.83. The van der Waals surface area contributed by atoms with E-state index in [0.717, 1.165) is 51.4 Å². The van der Waals surface area contributed by atoms with Crippen molar-refractivity contribution >= 4 is 41.1 Å². The minimum atomic E-state index is -1.09. The van der Waals surface area contributed by atoms with Gasteiger partial charge in [-0.3, -0.25) is 24.0 Å². The van der Waals surface area contributed by atoms with Crippen LogP contribution in [0.25, 0.3) is 0 Å². The second-order valence-corrected chi connectivity index (χ2v) is 17.6. The van der Waals surface area contributed by atoms with Crippen LogP contribution in [-0.4, -0.2) is 77.1 Å². The van der Waals surface area contributed by atoms with E-state index in [1.807, 2.05) is 20.8 Å². The van der Waals surface area contributed by atoms with Gasteiger partial charge in [-0.25, -0.2) is 4.79 Å². The Morgan fingerprint density at radius 2 is 1.60 bits per heavy atom. The van der Waals surface area contributed by atoms with Crippen LogP contribution in [0.1, 0.15) is 128 Å². The van der Waals surface area contributed by atoms with Crippen molar-refractivity contribution in [2.45, 2.75) is 142 Å². The lowest BCUT2D eigenvalue weighted by Crippen LogP contribution is -2.58. The Morgan fingerprint density at radius 1 is 0.885 bits per heavy atom. The highest BCUT2D eigenvalue weighted by molar-refractivity contribution is 6.43. The zero-order valence-electron chi connectivity index (χ0n) is 31.6. The SMILES string of the molecule is CC(C)(C)NC(=O)N[C@H]1CCCCCCNC(=O)c2ccccc2NC(=O)C(=O)C(CC2CCC2)NC(=O)[C@@H]2C[C@@]3(CN2C1=O)C(C)(C)C31CCC1. The lowest BCUT2D eigenvalue weighted by atomic mass is 9.73. The van der Waals surface area contributed by atoms with Crippen LogP contribution in [0.2, 0.25) is 0 Å². The number of anilines is 1. The Balaban J connectivity index is 1.32. The van der Waals surface area contributed by atoms with Gasteiger partial charge in [-0.15, -0.1) is 0 Å². The highest BCUT2D eigenvalue weighted by Gasteiger charge is 2.85. The normalized spacial score (nSPS) is 29.8. The fraction of sp³-hybridized carbons (Fsp3) is 0.700. The molecule has 0 aromatic heterocycles. The Bertz CT molecular complexity index is 1590. The fourth-order valence-corrected chi connectivity index (χ4v) is 9.87. The fourth-order valence-electron chi connectivity index (χ4n) is 9.87. The van der Waals surface area contributed by atoms with Crippen molar-refractivity contribution in [2.24, 2.45) is 22.2 Å². The summed E-state index contributed by atoms with van der Waals surface area (Å²) in [7, 11) is 0. The third-order valence-corrected chi connectivity index (χ3v) is 13.3. The van der Waals surface area contributed by atoms with E-state index in [1.165, 1.54) is 0 Å². The molecule has 1 aromatic rings. The number of nitrogens with zero attached hydrogens (tertiary/aromatic N) is 1. The molecule has 2 spiro atoms. The van der Waals surface area contributed by atoms with Crippen LogP contribution in [0, 0.1) is 22.2 Å². The van der Waals surface area contributed by atoms with E-state index in [1.54, 1.807) is 29.2 Å². The number of hydrogen-bond donors (Lipinski definition) is 5. The summed E-state index contributed by atoms with van der Waals surface area (Å²) in [6.07, 6.45) is 10.2. The third kappa shape index (κ3) is 7.06. The monoisotopic (exact) mass is 718 g/mol. The maximum Gasteiger partial charge on any atom is 0.315 e. The van der Waals surface area contributed by atoms with E-state index < -0.39 is 47.3 Å². The van der Waals surface area contributed by atoms with Gasteiger partial charge in [-0.2, -0.15) is 0 Å². The van der Waals surface area contributed by atoms with Gasteiger partial charge >= 0.3 is 6.03 Å². The second kappa shape index (κ2) is 14.5. The number of rotatable bonds is 3. The first-order chi connectivity index (χ1) is 24.6. The minimum Gasteiger partial charge on any atom is -0.352 e. The van der Waals surface area contributed by atoms with E-state index in [4.69, 9.17) is 0 Å². The van der Waals surface area contributed by atoms with E-state index in [0.29, 0.717) is 45.2 Å². The summed E-state index contributed by atoms with van der Waals surface area (Å²) in [5.41, 5.74) is -0.322. The number of amides is 6. The summed E-state index contributed by atoms with van der Waals surface area (Å²) < 4.78 is 0. The molecule has 2 heterocycles. The number of para-hydroxylation sites is 1. The molecule has 1 saturated heterocycles. The standard InChI is InChI=1S/C40H58N6O6/c1-37(2,3)45-36(52)44-28-18-8-6-7-11-21-41-32(48)26-16-9-10-17-27(26)42-34(50)31(47)29(22-25-14-12-15-25)43-33(49)30-23-40(24-46(30)35(28)51)38(4,5)39(40)19-13-20-39/h9-10,16-17,25,28-30H,6-8,11-15,18-24H2,1-5H3,(H,41,48)(H,42,50)(H,43,49)(H2,44,45,52)/t28-,29?,30-,40+/m0/s1. The molecule has 284 valence electrons. The van der Waals surface area contributed by atoms with Crippen LogP contribution < -0.4 is 26.6 Å². The number of benzene rings is 1. The molecule has 5 N–H and O–H groups in total. The molecule has 4 atom stereocenters. The first-order valence-corrected chi connectivity index (χ1v) is 19.5. The van der Waals surface area contributed by atoms with Crippen LogP contribution in [0.3, 0.4) is 0 Å². The van der Waals surface area contributed by atoms with Crippen molar-refractivity contribution in [3.63, 3.8) is 0 Å². The van der Waals surface area contributed by atoms with Crippen LogP contribution in [0.4, 0.5) is 10.5 Å². The number of urea groups is 1. The summed E-state index contributed by atoms with van der Waals surface area (Å²) in [5.74, 6) is -2.60. The van der Waals surface area contributed by atoms with Crippen LogP contribution in [0.5, 0.6) is 0 Å². The van der Waals surface area contributed by atoms with Gasteiger partial charge in [0.25, 0.3) is 11.8 Å². The Hall–Kier alpha value is -3.96. The summed E-state index contributed by atoms with van der Waals surface area (Å²) in [6, 6.07) is 3.34. The topological polar surface area (TPSA) is 166 Å². The van der Waals surface area contributed by atoms with Crippen LogP contribution in [0.15, 0.2) is 24.3 Å². The molecule has 0 bridgehead atoms. The minimum absolute atomic E-state index is 0.0479. The molecular formula is C40H58N6O6. The lowest BCUT2D eigenvalue weighted by Gasteiger charge is -2.33. The Labute approximate surface area is 307 Å². The van der Waals surface area contributed by atoms with Crippen LogP contribution >= 0.6 is 0 Å². The number of fused-ring (bicyclic) bond motifs is 3. The zero-order valence-corrected chi connectivity index (χ0v) is 31.6. The predicted molar refractivity (Wildman–Crippen MR) is 197 cm³/mol. The molecular weight excluding hydrogens is 660 g/mol. The third-order valence-electron chi connectivity index (χ3n) is 13.3. The molecule has 6 rings (SSSR count). The van der Waals surface area contributed by atoms with Gasteiger partial charge in [0.15, 0.2) is 0 Å². The van der Waals surface area contributed by atoms with E-state index in [9.17, 15) is 28.8 Å². The van der Waals surface area contributed by atoms with Crippen molar-refractivity contribution in [1.82, 2.24) is 26.2 Å². The number of nitrogens with one attached hydrogen (secondary N) is 5. The number of carbonyl (C=O) groups excluding carboxylic acids is 6. The zero-order chi connectivity index (χ0) is 37.5. The van der Waals surface area contributed by atoms with E-state index >= 15 is 0 Å². The summed E-state index contributed by atoms with van der Waals surface area (Å²) >= 11 is 0. The van der Waals surface area contributed by atoms with Crippen molar-refractivity contribution in [3.05, 3.63) is 29.8 Å². The summed E-state index contributed by atoms with van der Waals surface area (Å²) in [6.45, 7) is 10.9. The number of ketones is 1. The number of carbonyl (C=O) groups is 6. The second-order valence-electron chi connectivity index (χ2n) is 17.6. The number of Topliss-reactive ketones (excluding diaryl/α,β-unsaturated/α-hetero) is 1. The van der Waals surface area contributed by atoms with Crippen molar-refractivity contribution in [3.8, 4) is 0 Å². The number of hydrogen-bond acceptors (Lipinski definition) is 6. The molecule has 1 aromatic carbocycles. The van der Waals surface area contributed by atoms with Gasteiger partial charge < -0.3 is 31.5 Å². The molecule has 3 saturated carbocycles. The van der Waals surface area contributed by atoms with Crippen molar-refractivity contribution in [1.29, 1.82) is 0 Å². The Morgan fingerprint density at radius 3 is 2.23 bits per heavy atom. The first-order valence-electron chi connectivity index (χ1n) is 19.5. The molecule has 1 unspecified atom stereocenters. The molecule has 2 aliphatic heterocycles. The smallest absolute Gasteiger partial charge is 0.315 e. The van der Waals surface area contributed by atoms with E-state index in [-0.39, 0.29) is 45.2 Å². The molecule has 6 amide bonds. The van der Waals surface area contributed by atoms with Crippen LogP contribution in [-0.2, 0) is 19.2 Å². The molecule has 12 nitrogen and oxygen atoms in total. The highest BCUT2D eigenvalue weighted by atomic mass is 16.2. The average Bonchev–Trinajstić information content (AvgIpc) is 3.25. The molecule has 3 aliphatic carbocycles. The Kier molecular flexibility index (Phi) is 10.5. The van der Waals surface area contributed by atoms with E-state index in [2.05, 4.69) is 40.4 Å². The van der Waals surface area contributed by atoms with Gasteiger partial charge in [0.2, 0.25) is 17.6 Å². The van der Waals surface area contributed by atoms with Gasteiger partial charge in [0, 0.05) is 24.0 Å². The summed E-state index contributed by atoms with van der Waals surface area (Å²) in [5, 5.41) is 14.4. The van der Waals surface area contributed by atoms with Crippen molar-refractivity contribution < 1.29 is 28.8 Å². The maximum atomic E-state index is 14.7. The average molecular weight is 719 g/mol. The maximum absolute atomic E-state index is 14.7. The van der Waals surface area contributed by atoms with Gasteiger partial charge in [0.05, 0.1) is 17.3 Å². The lowest BCUT2D eigenvalue weighted by molar-refractivity contribution is -0.142. The molecule has 4 fully saturated rings.